The number of fused-ring (bicyclic) bond motifs is 2. The first kappa shape index (κ1) is 14.9. The summed E-state index contributed by atoms with van der Waals surface area (Å²) in [6.45, 7) is 4.47. The van der Waals surface area contributed by atoms with Crippen LogP contribution >= 0.6 is 0 Å². The SMILES string of the molecule is Cc1c(C(=O)NC(C)c2nnc3n2CCC3)oc2c(F)cccc12. The Morgan fingerprint density at radius 3 is 3.04 bits per heavy atom. The van der Waals surface area contributed by atoms with Gasteiger partial charge in [0, 0.05) is 23.9 Å². The van der Waals surface area contributed by atoms with Gasteiger partial charge in [-0.25, -0.2) is 4.39 Å². The number of carbonyl (C=O) groups excluding carboxylic acids is 1. The summed E-state index contributed by atoms with van der Waals surface area (Å²) in [7, 11) is 0. The van der Waals surface area contributed by atoms with Crippen molar-refractivity contribution in [2.45, 2.75) is 39.3 Å². The minimum absolute atomic E-state index is 0.108. The number of nitrogens with zero attached hydrogens (tertiary/aromatic N) is 3. The molecule has 2 aromatic heterocycles. The van der Waals surface area contributed by atoms with Crippen LogP contribution in [0.1, 0.15) is 47.2 Å². The molecule has 0 bridgehead atoms. The van der Waals surface area contributed by atoms with Crippen LogP contribution in [0, 0.1) is 12.7 Å². The third-order valence-corrected chi connectivity index (χ3v) is 4.49. The lowest BCUT2D eigenvalue weighted by atomic mass is 10.1. The van der Waals surface area contributed by atoms with Crippen molar-refractivity contribution in [1.82, 2.24) is 20.1 Å². The van der Waals surface area contributed by atoms with Crippen molar-refractivity contribution in [3.05, 3.63) is 47.0 Å². The van der Waals surface area contributed by atoms with E-state index < -0.39 is 5.82 Å². The van der Waals surface area contributed by atoms with E-state index in [0.29, 0.717) is 10.9 Å². The zero-order valence-corrected chi connectivity index (χ0v) is 13.5. The molecule has 1 aliphatic heterocycles. The molecule has 1 aromatic carbocycles. The minimum atomic E-state index is -0.474. The van der Waals surface area contributed by atoms with Gasteiger partial charge >= 0.3 is 0 Å². The van der Waals surface area contributed by atoms with Gasteiger partial charge in [0.05, 0.1) is 6.04 Å². The maximum absolute atomic E-state index is 13.8. The van der Waals surface area contributed by atoms with Gasteiger partial charge in [-0.1, -0.05) is 12.1 Å². The van der Waals surface area contributed by atoms with Gasteiger partial charge in [-0.15, -0.1) is 10.2 Å². The number of aromatic nitrogens is 3. The summed E-state index contributed by atoms with van der Waals surface area (Å²) in [6, 6.07) is 4.34. The molecule has 0 aliphatic carbocycles. The molecule has 124 valence electrons. The summed E-state index contributed by atoms with van der Waals surface area (Å²) in [5.41, 5.74) is 0.733. The molecular weight excluding hydrogens is 311 g/mol. The number of para-hydroxylation sites is 1. The Bertz CT molecular complexity index is 944. The molecule has 0 radical (unpaired) electrons. The average molecular weight is 328 g/mol. The molecule has 0 spiro atoms. The second kappa shape index (κ2) is 5.43. The van der Waals surface area contributed by atoms with Crippen LogP contribution in [-0.2, 0) is 13.0 Å². The molecule has 3 aromatic rings. The lowest BCUT2D eigenvalue weighted by Gasteiger charge is -2.13. The summed E-state index contributed by atoms with van der Waals surface area (Å²) in [5, 5.41) is 11.8. The lowest BCUT2D eigenvalue weighted by Crippen LogP contribution is -2.28. The van der Waals surface area contributed by atoms with Crippen molar-refractivity contribution in [2.75, 3.05) is 0 Å². The Labute approximate surface area is 137 Å². The summed E-state index contributed by atoms with van der Waals surface area (Å²) >= 11 is 0. The molecule has 0 saturated carbocycles. The third-order valence-electron chi connectivity index (χ3n) is 4.49. The highest BCUT2D eigenvalue weighted by Crippen LogP contribution is 2.28. The fraction of sp³-hybridized carbons (Fsp3) is 0.353. The van der Waals surface area contributed by atoms with Crippen LogP contribution in [0.15, 0.2) is 22.6 Å². The number of benzene rings is 1. The number of rotatable bonds is 3. The summed E-state index contributed by atoms with van der Waals surface area (Å²) in [6.07, 6.45) is 1.95. The van der Waals surface area contributed by atoms with Crippen molar-refractivity contribution in [3.63, 3.8) is 0 Å². The minimum Gasteiger partial charge on any atom is -0.448 e. The molecule has 1 unspecified atom stereocenters. The highest BCUT2D eigenvalue weighted by molar-refractivity contribution is 5.99. The van der Waals surface area contributed by atoms with E-state index in [0.717, 1.165) is 31.0 Å². The topological polar surface area (TPSA) is 73.0 Å². The molecule has 6 nitrogen and oxygen atoms in total. The summed E-state index contributed by atoms with van der Waals surface area (Å²) in [5.74, 6) is 0.955. The molecule has 0 fully saturated rings. The Morgan fingerprint density at radius 2 is 2.25 bits per heavy atom. The highest BCUT2D eigenvalue weighted by atomic mass is 19.1. The van der Waals surface area contributed by atoms with E-state index in [2.05, 4.69) is 15.5 Å². The number of furan rings is 1. The number of aryl methyl sites for hydroxylation is 2. The Hall–Kier alpha value is -2.70. The molecule has 7 heteroatoms. The lowest BCUT2D eigenvalue weighted by molar-refractivity contribution is 0.0910. The van der Waals surface area contributed by atoms with Gasteiger partial charge < -0.3 is 14.3 Å². The maximum atomic E-state index is 13.8. The second-order valence-electron chi connectivity index (χ2n) is 6.10. The van der Waals surface area contributed by atoms with Crippen LogP contribution in [-0.4, -0.2) is 20.7 Å². The molecule has 1 N–H and O–H groups in total. The van der Waals surface area contributed by atoms with E-state index in [1.165, 1.54) is 6.07 Å². The van der Waals surface area contributed by atoms with E-state index in [9.17, 15) is 9.18 Å². The molecule has 3 heterocycles. The van der Waals surface area contributed by atoms with Crippen molar-refractivity contribution in [3.8, 4) is 0 Å². The van der Waals surface area contributed by atoms with Crippen LogP contribution in [0.3, 0.4) is 0 Å². The van der Waals surface area contributed by atoms with Gasteiger partial charge in [-0.3, -0.25) is 4.79 Å². The number of amides is 1. The first-order valence-corrected chi connectivity index (χ1v) is 7.96. The molecule has 1 atom stereocenters. The van der Waals surface area contributed by atoms with E-state index in [4.69, 9.17) is 4.42 Å². The highest BCUT2D eigenvalue weighted by Gasteiger charge is 2.25. The van der Waals surface area contributed by atoms with Gasteiger partial charge in [-0.2, -0.15) is 0 Å². The molecule has 24 heavy (non-hydrogen) atoms. The summed E-state index contributed by atoms with van der Waals surface area (Å²) in [4.78, 5) is 12.6. The molecule has 1 amide bonds. The van der Waals surface area contributed by atoms with Crippen LogP contribution in [0.4, 0.5) is 4.39 Å². The predicted molar refractivity (Wildman–Crippen MR) is 85.1 cm³/mol. The van der Waals surface area contributed by atoms with Crippen molar-refractivity contribution < 1.29 is 13.6 Å². The fourth-order valence-electron chi connectivity index (χ4n) is 3.25. The first-order chi connectivity index (χ1) is 11.6. The third kappa shape index (κ3) is 2.19. The average Bonchev–Trinajstić information content (AvgIpc) is 3.22. The zero-order chi connectivity index (χ0) is 16.8. The van der Waals surface area contributed by atoms with Crippen molar-refractivity contribution >= 4 is 16.9 Å². The molecule has 1 aliphatic rings. The normalized spacial score (nSPS) is 14.8. The number of halogens is 1. The molecule has 0 saturated heterocycles. The fourth-order valence-corrected chi connectivity index (χ4v) is 3.25. The van der Waals surface area contributed by atoms with E-state index >= 15 is 0 Å². The van der Waals surface area contributed by atoms with E-state index in [1.54, 1.807) is 19.1 Å². The quantitative estimate of drug-likeness (QED) is 0.802. The van der Waals surface area contributed by atoms with Gasteiger partial charge in [0.15, 0.2) is 23.0 Å². The first-order valence-electron chi connectivity index (χ1n) is 7.96. The van der Waals surface area contributed by atoms with Gasteiger partial charge in [0.2, 0.25) is 0 Å². The van der Waals surface area contributed by atoms with Crippen LogP contribution in [0.2, 0.25) is 0 Å². The molecule has 4 rings (SSSR count). The van der Waals surface area contributed by atoms with E-state index in [1.807, 2.05) is 11.5 Å². The molecular formula is C17H17FN4O2. The second-order valence-corrected chi connectivity index (χ2v) is 6.10. The number of carbonyl (C=O) groups is 1. The largest absolute Gasteiger partial charge is 0.448 e. The number of nitrogens with one attached hydrogen (secondary N) is 1. The van der Waals surface area contributed by atoms with Crippen molar-refractivity contribution in [2.24, 2.45) is 0 Å². The van der Waals surface area contributed by atoms with Gasteiger partial charge in [0.25, 0.3) is 5.91 Å². The smallest absolute Gasteiger partial charge is 0.287 e. The van der Waals surface area contributed by atoms with Gasteiger partial charge in [-0.05, 0) is 26.3 Å². The maximum Gasteiger partial charge on any atom is 0.287 e. The van der Waals surface area contributed by atoms with E-state index in [-0.39, 0.29) is 23.3 Å². The monoisotopic (exact) mass is 328 g/mol. The number of hydrogen-bond donors (Lipinski definition) is 1. The number of hydrogen-bond acceptors (Lipinski definition) is 4. The Morgan fingerprint density at radius 1 is 1.42 bits per heavy atom. The summed E-state index contributed by atoms with van der Waals surface area (Å²) < 4.78 is 21.3. The zero-order valence-electron chi connectivity index (χ0n) is 13.5. The van der Waals surface area contributed by atoms with Crippen LogP contribution in [0.5, 0.6) is 0 Å². The van der Waals surface area contributed by atoms with Crippen LogP contribution < -0.4 is 5.32 Å². The van der Waals surface area contributed by atoms with Gasteiger partial charge in [0.1, 0.15) is 5.82 Å². The predicted octanol–water partition coefficient (Wildman–Crippen LogP) is 2.91. The Kier molecular flexibility index (Phi) is 3.37. The Balaban J connectivity index is 1.62. The van der Waals surface area contributed by atoms with Crippen LogP contribution in [0.25, 0.3) is 11.0 Å². The standard InChI is InChI=1S/C17H17FN4O2/c1-9-11-5-3-6-12(18)15(11)24-14(9)17(23)19-10(2)16-21-20-13-7-4-8-22(13)16/h3,5-6,10H,4,7-8H2,1-2H3,(H,19,23). The van der Waals surface area contributed by atoms with Crippen molar-refractivity contribution in [1.29, 1.82) is 0 Å².